The SMILES string of the molecule is CC(C)(C(=O)NCCCN1CCCC1)C(N)=NO. The van der Waals surface area contributed by atoms with E-state index in [1.165, 1.54) is 25.9 Å². The van der Waals surface area contributed by atoms with Gasteiger partial charge in [-0.2, -0.15) is 0 Å². The molecule has 0 aromatic carbocycles. The summed E-state index contributed by atoms with van der Waals surface area (Å²) in [5.41, 5.74) is 4.52. The van der Waals surface area contributed by atoms with Crippen molar-refractivity contribution in [1.29, 1.82) is 0 Å². The van der Waals surface area contributed by atoms with Gasteiger partial charge >= 0.3 is 0 Å². The number of oxime groups is 1. The highest BCUT2D eigenvalue weighted by molar-refractivity contribution is 6.05. The van der Waals surface area contributed by atoms with E-state index in [2.05, 4.69) is 15.4 Å². The van der Waals surface area contributed by atoms with Crippen molar-refractivity contribution in [3.05, 3.63) is 0 Å². The number of carbonyl (C=O) groups is 1. The standard InChI is InChI=1S/C12H24N4O2/c1-12(2,10(13)15-18)11(17)14-6-5-9-16-7-3-4-8-16/h18H,3-9H2,1-2H3,(H2,13,15)(H,14,17). The maximum atomic E-state index is 11.9. The van der Waals surface area contributed by atoms with E-state index in [-0.39, 0.29) is 11.7 Å². The largest absolute Gasteiger partial charge is 0.409 e. The first-order valence-corrected chi connectivity index (χ1v) is 6.47. The Bertz CT molecular complexity index is 309. The fourth-order valence-electron chi connectivity index (χ4n) is 1.97. The molecule has 1 amide bonds. The first kappa shape index (κ1) is 14.8. The Morgan fingerprint density at radius 1 is 1.44 bits per heavy atom. The maximum Gasteiger partial charge on any atom is 0.233 e. The lowest BCUT2D eigenvalue weighted by Gasteiger charge is -2.22. The lowest BCUT2D eigenvalue weighted by Crippen LogP contribution is -2.46. The smallest absolute Gasteiger partial charge is 0.233 e. The maximum absolute atomic E-state index is 11.9. The molecule has 1 heterocycles. The van der Waals surface area contributed by atoms with Gasteiger partial charge in [-0.15, -0.1) is 0 Å². The van der Waals surface area contributed by atoms with Gasteiger partial charge in [0.25, 0.3) is 0 Å². The Hall–Kier alpha value is -1.30. The Morgan fingerprint density at radius 2 is 2.06 bits per heavy atom. The highest BCUT2D eigenvalue weighted by Crippen LogP contribution is 2.15. The molecule has 1 rings (SSSR count). The number of nitrogens with one attached hydrogen (secondary N) is 1. The van der Waals surface area contributed by atoms with Crippen LogP contribution >= 0.6 is 0 Å². The van der Waals surface area contributed by atoms with Gasteiger partial charge in [-0.25, -0.2) is 0 Å². The van der Waals surface area contributed by atoms with Gasteiger partial charge in [-0.1, -0.05) is 5.16 Å². The second kappa shape index (κ2) is 6.58. The number of amides is 1. The molecule has 6 heteroatoms. The van der Waals surface area contributed by atoms with E-state index in [1.807, 2.05) is 0 Å². The van der Waals surface area contributed by atoms with Crippen molar-refractivity contribution < 1.29 is 10.0 Å². The molecule has 0 aromatic heterocycles. The summed E-state index contributed by atoms with van der Waals surface area (Å²) in [5.74, 6) is -0.279. The number of nitrogens with two attached hydrogens (primary N) is 1. The molecule has 18 heavy (non-hydrogen) atoms. The quantitative estimate of drug-likeness (QED) is 0.210. The topological polar surface area (TPSA) is 91.0 Å². The van der Waals surface area contributed by atoms with E-state index >= 15 is 0 Å². The molecule has 0 atom stereocenters. The molecule has 0 bridgehead atoms. The Balaban J connectivity index is 2.24. The van der Waals surface area contributed by atoms with E-state index in [9.17, 15) is 4.79 Å². The molecule has 0 unspecified atom stereocenters. The van der Waals surface area contributed by atoms with Crippen LogP contribution in [0, 0.1) is 5.41 Å². The molecule has 1 aliphatic rings. The van der Waals surface area contributed by atoms with Crippen LogP contribution in [0.25, 0.3) is 0 Å². The van der Waals surface area contributed by atoms with Gasteiger partial charge in [-0.05, 0) is 52.7 Å². The van der Waals surface area contributed by atoms with Crippen LogP contribution in [-0.4, -0.2) is 48.0 Å². The minimum Gasteiger partial charge on any atom is -0.409 e. The van der Waals surface area contributed by atoms with E-state index in [1.54, 1.807) is 13.8 Å². The minimum atomic E-state index is -0.970. The molecule has 1 saturated heterocycles. The van der Waals surface area contributed by atoms with Crippen LogP contribution in [0.2, 0.25) is 0 Å². The molecule has 0 aliphatic carbocycles. The van der Waals surface area contributed by atoms with Gasteiger partial charge in [0.1, 0.15) is 5.41 Å². The van der Waals surface area contributed by atoms with Crippen LogP contribution < -0.4 is 11.1 Å². The fourth-order valence-corrected chi connectivity index (χ4v) is 1.97. The molecule has 1 aliphatic heterocycles. The molecule has 6 nitrogen and oxygen atoms in total. The third-order valence-corrected chi connectivity index (χ3v) is 3.45. The summed E-state index contributed by atoms with van der Waals surface area (Å²) in [4.78, 5) is 14.3. The van der Waals surface area contributed by atoms with Crippen molar-refractivity contribution in [3.63, 3.8) is 0 Å². The summed E-state index contributed by atoms with van der Waals surface area (Å²) in [7, 11) is 0. The second-order valence-corrected chi connectivity index (χ2v) is 5.27. The molecule has 0 aromatic rings. The summed E-state index contributed by atoms with van der Waals surface area (Å²) in [6, 6.07) is 0. The summed E-state index contributed by atoms with van der Waals surface area (Å²) < 4.78 is 0. The average Bonchev–Trinajstić information content (AvgIpc) is 2.86. The van der Waals surface area contributed by atoms with E-state index in [0.29, 0.717) is 6.54 Å². The molecule has 4 N–H and O–H groups in total. The van der Waals surface area contributed by atoms with Gasteiger partial charge < -0.3 is 21.2 Å². The molecule has 0 radical (unpaired) electrons. The normalized spacial score (nSPS) is 18.0. The summed E-state index contributed by atoms with van der Waals surface area (Å²) in [5, 5.41) is 14.3. The van der Waals surface area contributed by atoms with E-state index < -0.39 is 5.41 Å². The highest BCUT2D eigenvalue weighted by Gasteiger charge is 2.32. The number of carbonyl (C=O) groups excluding carboxylic acids is 1. The van der Waals surface area contributed by atoms with Crippen molar-refractivity contribution in [2.75, 3.05) is 26.2 Å². The van der Waals surface area contributed by atoms with Crippen LogP contribution in [0.5, 0.6) is 0 Å². The van der Waals surface area contributed by atoms with E-state index in [0.717, 1.165) is 13.0 Å². The van der Waals surface area contributed by atoms with Crippen LogP contribution in [0.4, 0.5) is 0 Å². The lowest BCUT2D eigenvalue weighted by molar-refractivity contribution is -0.126. The second-order valence-electron chi connectivity index (χ2n) is 5.27. The number of hydrogen-bond acceptors (Lipinski definition) is 4. The zero-order valence-corrected chi connectivity index (χ0v) is 11.3. The average molecular weight is 256 g/mol. The third-order valence-electron chi connectivity index (χ3n) is 3.45. The van der Waals surface area contributed by atoms with Gasteiger partial charge in [0.2, 0.25) is 5.91 Å². The molecular weight excluding hydrogens is 232 g/mol. The minimum absolute atomic E-state index is 0.0699. The van der Waals surface area contributed by atoms with Crippen molar-refractivity contribution in [2.45, 2.75) is 33.1 Å². The summed E-state index contributed by atoms with van der Waals surface area (Å²) in [6.07, 6.45) is 3.49. The Kier molecular flexibility index (Phi) is 5.40. The lowest BCUT2D eigenvalue weighted by atomic mass is 9.91. The zero-order valence-electron chi connectivity index (χ0n) is 11.3. The third kappa shape index (κ3) is 3.87. The number of nitrogens with zero attached hydrogens (tertiary/aromatic N) is 2. The van der Waals surface area contributed by atoms with Gasteiger partial charge in [0.05, 0.1) is 0 Å². The molecule has 0 saturated carbocycles. The number of rotatable bonds is 6. The Morgan fingerprint density at radius 3 is 2.61 bits per heavy atom. The van der Waals surface area contributed by atoms with Crippen molar-refractivity contribution >= 4 is 11.7 Å². The van der Waals surface area contributed by atoms with Crippen molar-refractivity contribution in [3.8, 4) is 0 Å². The van der Waals surface area contributed by atoms with Crippen molar-refractivity contribution in [1.82, 2.24) is 10.2 Å². The first-order valence-electron chi connectivity index (χ1n) is 6.47. The fraction of sp³-hybridized carbons (Fsp3) is 0.833. The summed E-state index contributed by atoms with van der Waals surface area (Å²) in [6.45, 7) is 7.25. The predicted molar refractivity (Wildman–Crippen MR) is 70.5 cm³/mol. The highest BCUT2D eigenvalue weighted by atomic mass is 16.4. The van der Waals surface area contributed by atoms with Crippen LogP contribution in [0.1, 0.15) is 33.1 Å². The number of likely N-dealkylation sites (tertiary alicyclic amines) is 1. The van der Waals surface area contributed by atoms with Gasteiger partial charge in [0, 0.05) is 6.54 Å². The van der Waals surface area contributed by atoms with Gasteiger partial charge in [0.15, 0.2) is 5.84 Å². The number of amidine groups is 1. The predicted octanol–water partition coefficient (Wildman–Crippen LogP) is 0.361. The number of hydrogen-bond donors (Lipinski definition) is 3. The van der Waals surface area contributed by atoms with Crippen molar-refractivity contribution in [2.24, 2.45) is 16.3 Å². The van der Waals surface area contributed by atoms with Crippen LogP contribution in [-0.2, 0) is 4.79 Å². The zero-order chi connectivity index (χ0) is 13.6. The molecule has 1 fully saturated rings. The Labute approximate surface area is 108 Å². The van der Waals surface area contributed by atoms with Crippen LogP contribution in [0.3, 0.4) is 0 Å². The van der Waals surface area contributed by atoms with Gasteiger partial charge in [-0.3, -0.25) is 4.79 Å². The first-order chi connectivity index (χ1) is 8.48. The van der Waals surface area contributed by atoms with E-state index in [4.69, 9.17) is 10.9 Å². The van der Waals surface area contributed by atoms with Crippen LogP contribution in [0.15, 0.2) is 5.16 Å². The molecule has 0 spiro atoms. The molecular formula is C12H24N4O2. The molecule has 104 valence electrons. The monoisotopic (exact) mass is 256 g/mol. The summed E-state index contributed by atoms with van der Waals surface area (Å²) >= 11 is 0.